The van der Waals surface area contributed by atoms with Crippen molar-refractivity contribution in [2.75, 3.05) is 0 Å². The Morgan fingerprint density at radius 3 is 2.28 bits per heavy atom. The molecule has 0 fully saturated rings. The third kappa shape index (κ3) is 4.47. The first-order chi connectivity index (χ1) is 12.1. The summed E-state index contributed by atoms with van der Waals surface area (Å²) in [5, 5.41) is 0. The summed E-state index contributed by atoms with van der Waals surface area (Å²) in [5.41, 5.74) is 2.52. The molecule has 3 nitrogen and oxygen atoms in total. The molecule has 3 aromatic rings. The number of rotatable bonds is 6. The molecule has 25 heavy (non-hydrogen) atoms. The zero-order chi connectivity index (χ0) is 17.6. The van der Waals surface area contributed by atoms with Gasteiger partial charge in [-0.1, -0.05) is 30.3 Å². The van der Waals surface area contributed by atoms with Crippen LogP contribution in [0.4, 0.5) is 8.78 Å². The minimum atomic E-state index is -2.88. The number of Topliss-reactive ketones (excluding diaryl/α,β-unsaturated/α-hetero) is 1. The van der Waals surface area contributed by atoms with Gasteiger partial charge in [0.1, 0.15) is 5.75 Å². The fraction of sp³-hybridized carbons (Fsp3) is 0.100. The van der Waals surface area contributed by atoms with E-state index in [1.807, 2.05) is 54.9 Å². The molecule has 0 aliphatic carbocycles. The summed E-state index contributed by atoms with van der Waals surface area (Å²) in [5.74, 6) is -0.0795. The van der Waals surface area contributed by atoms with Gasteiger partial charge in [0.2, 0.25) is 12.3 Å². The smallest absolute Gasteiger partial charge is 0.387 e. The van der Waals surface area contributed by atoms with Gasteiger partial charge in [0.15, 0.2) is 12.4 Å². The molecule has 3 rings (SSSR count). The van der Waals surface area contributed by atoms with Gasteiger partial charge in [-0.2, -0.15) is 13.3 Å². The monoisotopic (exact) mass is 340 g/mol. The molecular weight excluding hydrogens is 324 g/mol. The number of pyridine rings is 1. The Bertz CT molecular complexity index is 849. The summed E-state index contributed by atoms with van der Waals surface area (Å²) in [6.45, 7) is -2.71. The van der Waals surface area contributed by atoms with Gasteiger partial charge in [0.25, 0.3) is 0 Å². The van der Waals surface area contributed by atoms with Crippen molar-refractivity contribution in [1.82, 2.24) is 0 Å². The lowest BCUT2D eigenvalue weighted by Gasteiger charge is -2.05. The number of halogens is 2. The van der Waals surface area contributed by atoms with E-state index in [-0.39, 0.29) is 18.1 Å². The number of carbonyl (C=O) groups excluding carboxylic acids is 1. The number of alkyl halides is 2. The van der Waals surface area contributed by atoms with E-state index in [2.05, 4.69) is 4.74 Å². The summed E-state index contributed by atoms with van der Waals surface area (Å²) in [6, 6.07) is 19.4. The summed E-state index contributed by atoms with van der Waals surface area (Å²) in [7, 11) is 0. The molecule has 0 N–H and O–H groups in total. The first kappa shape index (κ1) is 16.8. The Morgan fingerprint density at radius 2 is 1.60 bits per heavy atom. The van der Waals surface area contributed by atoms with E-state index in [9.17, 15) is 13.6 Å². The fourth-order valence-corrected chi connectivity index (χ4v) is 2.50. The summed E-state index contributed by atoms with van der Waals surface area (Å²) in [6.07, 6.45) is 3.72. The van der Waals surface area contributed by atoms with Gasteiger partial charge in [-0.3, -0.25) is 4.79 Å². The van der Waals surface area contributed by atoms with Crippen LogP contribution in [-0.4, -0.2) is 12.4 Å². The lowest BCUT2D eigenvalue weighted by atomic mass is 10.1. The molecule has 0 amide bonds. The predicted molar refractivity (Wildman–Crippen MR) is 89.5 cm³/mol. The molecule has 1 heterocycles. The van der Waals surface area contributed by atoms with Crippen molar-refractivity contribution in [2.45, 2.75) is 13.2 Å². The molecule has 0 bridgehead atoms. The normalized spacial score (nSPS) is 10.7. The number of hydrogen-bond acceptors (Lipinski definition) is 2. The van der Waals surface area contributed by atoms with Gasteiger partial charge >= 0.3 is 6.61 Å². The van der Waals surface area contributed by atoms with Crippen molar-refractivity contribution in [3.8, 4) is 16.9 Å². The molecular formula is C20H16F2NO2+. The highest BCUT2D eigenvalue weighted by atomic mass is 19.3. The SMILES string of the molecule is O=C(C[n+]1cccc(-c2ccccc2)c1)c1ccc(OC(F)F)cc1. The average molecular weight is 340 g/mol. The van der Waals surface area contributed by atoms with Crippen molar-refractivity contribution in [3.05, 3.63) is 84.7 Å². The van der Waals surface area contributed by atoms with Crippen LogP contribution in [-0.2, 0) is 6.54 Å². The zero-order valence-electron chi connectivity index (χ0n) is 13.3. The molecule has 0 saturated heterocycles. The lowest BCUT2D eigenvalue weighted by Crippen LogP contribution is -2.37. The molecule has 0 aliphatic rings. The summed E-state index contributed by atoms with van der Waals surface area (Å²) in [4.78, 5) is 12.4. The Balaban J connectivity index is 1.73. The van der Waals surface area contributed by atoms with Crippen LogP contribution >= 0.6 is 0 Å². The van der Waals surface area contributed by atoms with E-state index in [4.69, 9.17) is 0 Å². The number of aromatic nitrogens is 1. The number of benzene rings is 2. The zero-order valence-corrected chi connectivity index (χ0v) is 13.3. The topological polar surface area (TPSA) is 30.2 Å². The van der Waals surface area contributed by atoms with Crippen LogP contribution in [0.2, 0.25) is 0 Å². The highest BCUT2D eigenvalue weighted by molar-refractivity contribution is 5.95. The standard InChI is InChI=1S/C20H16F2NO2/c21-20(22)25-18-10-8-16(9-11-18)19(24)14-23-12-4-7-17(13-23)15-5-2-1-3-6-15/h1-13,20H,14H2/q+1. The maximum atomic E-state index is 12.4. The van der Waals surface area contributed by atoms with Crippen LogP contribution in [0.15, 0.2) is 79.1 Å². The Kier molecular flexibility index (Phi) is 5.14. The predicted octanol–water partition coefficient (Wildman–Crippen LogP) is 4.13. The highest BCUT2D eigenvalue weighted by Gasteiger charge is 2.14. The average Bonchev–Trinajstić information content (AvgIpc) is 2.63. The third-order valence-corrected chi connectivity index (χ3v) is 3.69. The Hall–Kier alpha value is -3.08. The first-order valence-corrected chi connectivity index (χ1v) is 7.74. The molecule has 5 heteroatoms. The second-order valence-electron chi connectivity index (χ2n) is 5.46. The van der Waals surface area contributed by atoms with E-state index >= 15 is 0 Å². The van der Waals surface area contributed by atoms with Crippen molar-refractivity contribution in [2.24, 2.45) is 0 Å². The molecule has 0 unspecified atom stereocenters. The lowest BCUT2D eigenvalue weighted by molar-refractivity contribution is -0.682. The van der Waals surface area contributed by atoms with Gasteiger partial charge in [0.05, 0.1) is 0 Å². The molecule has 0 radical (unpaired) electrons. The maximum absolute atomic E-state index is 12.4. The Labute approximate surface area is 144 Å². The van der Waals surface area contributed by atoms with Crippen LogP contribution in [0, 0.1) is 0 Å². The van der Waals surface area contributed by atoms with Crippen molar-refractivity contribution < 1.29 is 22.9 Å². The molecule has 0 saturated carbocycles. The van der Waals surface area contributed by atoms with E-state index < -0.39 is 6.61 Å². The fourth-order valence-electron chi connectivity index (χ4n) is 2.50. The molecule has 0 atom stereocenters. The number of carbonyl (C=O) groups is 1. The van der Waals surface area contributed by atoms with E-state index in [0.29, 0.717) is 5.56 Å². The first-order valence-electron chi connectivity index (χ1n) is 7.74. The molecule has 2 aromatic carbocycles. The third-order valence-electron chi connectivity index (χ3n) is 3.69. The number of nitrogens with zero attached hydrogens (tertiary/aromatic N) is 1. The van der Waals surface area contributed by atoms with Crippen molar-refractivity contribution >= 4 is 5.78 Å². The highest BCUT2D eigenvalue weighted by Crippen LogP contribution is 2.17. The van der Waals surface area contributed by atoms with Gasteiger partial charge in [0, 0.05) is 17.2 Å². The van der Waals surface area contributed by atoms with E-state index in [0.717, 1.165) is 11.1 Å². The van der Waals surface area contributed by atoms with Crippen LogP contribution in [0.1, 0.15) is 10.4 Å². The van der Waals surface area contributed by atoms with Crippen LogP contribution in [0.25, 0.3) is 11.1 Å². The van der Waals surface area contributed by atoms with Crippen LogP contribution < -0.4 is 9.30 Å². The van der Waals surface area contributed by atoms with Gasteiger partial charge in [-0.15, -0.1) is 0 Å². The minimum Gasteiger partial charge on any atom is -0.435 e. The van der Waals surface area contributed by atoms with E-state index in [1.54, 1.807) is 4.57 Å². The molecule has 126 valence electrons. The number of ketones is 1. The summed E-state index contributed by atoms with van der Waals surface area (Å²) < 4.78 is 30.4. The molecule has 1 aromatic heterocycles. The Morgan fingerprint density at radius 1 is 0.920 bits per heavy atom. The number of ether oxygens (including phenoxy) is 1. The van der Waals surface area contributed by atoms with Crippen LogP contribution in [0.3, 0.4) is 0 Å². The largest absolute Gasteiger partial charge is 0.435 e. The number of hydrogen-bond donors (Lipinski definition) is 0. The van der Waals surface area contributed by atoms with Crippen LogP contribution in [0.5, 0.6) is 5.75 Å². The molecule has 0 spiro atoms. The maximum Gasteiger partial charge on any atom is 0.387 e. The summed E-state index contributed by atoms with van der Waals surface area (Å²) >= 11 is 0. The minimum absolute atomic E-state index is 0.0327. The molecule has 0 aliphatic heterocycles. The second kappa shape index (κ2) is 7.66. The van der Waals surface area contributed by atoms with Gasteiger partial charge < -0.3 is 4.74 Å². The van der Waals surface area contributed by atoms with Crippen molar-refractivity contribution in [3.63, 3.8) is 0 Å². The van der Waals surface area contributed by atoms with Gasteiger partial charge in [-0.05, 0) is 35.9 Å². The van der Waals surface area contributed by atoms with Crippen molar-refractivity contribution in [1.29, 1.82) is 0 Å². The second-order valence-corrected chi connectivity index (χ2v) is 5.46. The quantitative estimate of drug-likeness (QED) is 0.499. The van der Waals surface area contributed by atoms with Gasteiger partial charge in [-0.25, -0.2) is 0 Å². The van der Waals surface area contributed by atoms with E-state index in [1.165, 1.54) is 24.3 Å².